The van der Waals surface area contributed by atoms with Gasteiger partial charge in [-0.2, -0.15) is 0 Å². The standard InChI is InChI=1S/C17H13FN2O2/c1-22-13-6-2-11(3-7-13)4-9-16-19-15-8-5-12(18)10-14(15)17(21)20-16/h2-10H,1H3,(H,19,20,21). The number of nitrogens with zero attached hydrogens (tertiary/aromatic N) is 1. The zero-order valence-electron chi connectivity index (χ0n) is 11.8. The van der Waals surface area contributed by atoms with E-state index < -0.39 is 5.82 Å². The first-order chi connectivity index (χ1) is 10.7. The predicted octanol–water partition coefficient (Wildman–Crippen LogP) is 3.24. The Labute approximate surface area is 125 Å². The van der Waals surface area contributed by atoms with Crippen molar-refractivity contribution < 1.29 is 9.13 Å². The van der Waals surface area contributed by atoms with Crippen molar-refractivity contribution >= 4 is 23.1 Å². The summed E-state index contributed by atoms with van der Waals surface area (Å²) in [6.07, 6.45) is 3.53. The largest absolute Gasteiger partial charge is 0.497 e. The number of methoxy groups -OCH3 is 1. The number of benzene rings is 2. The summed E-state index contributed by atoms with van der Waals surface area (Å²) in [6, 6.07) is 11.4. The molecule has 3 aromatic rings. The number of fused-ring (bicyclic) bond motifs is 1. The van der Waals surface area contributed by atoms with Crippen LogP contribution in [-0.4, -0.2) is 17.1 Å². The number of hydrogen-bond acceptors (Lipinski definition) is 3. The minimum absolute atomic E-state index is 0.238. The van der Waals surface area contributed by atoms with Crippen molar-refractivity contribution in [3.63, 3.8) is 0 Å². The smallest absolute Gasteiger partial charge is 0.259 e. The normalized spacial score (nSPS) is 11.2. The highest BCUT2D eigenvalue weighted by atomic mass is 19.1. The van der Waals surface area contributed by atoms with E-state index in [-0.39, 0.29) is 10.9 Å². The maximum absolute atomic E-state index is 13.1. The summed E-state index contributed by atoms with van der Waals surface area (Å²) in [5, 5.41) is 0.238. The highest BCUT2D eigenvalue weighted by Gasteiger charge is 2.03. The first-order valence-corrected chi connectivity index (χ1v) is 6.67. The van der Waals surface area contributed by atoms with Crippen LogP contribution in [0.15, 0.2) is 47.3 Å². The Morgan fingerprint density at radius 1 is 1.14 bits per heavy atom. The zero-order valence-corrected chi connectivity index (χ0v) is 11.8. The van der Waals surface area contributed by atoms with Gasteiger partial charge in [0.15, 0.2) is 0 Å². The van der Waals surface area contributed by atoms with Crippen molar-refractivity contribution in [3.05, 3.63) is 70.0 Å². The zero-order chi connectivity index (χ0) is 15.5. The molecule has 1 heterocycles. The first kappa shape index (κ1) is 14.0. The third kappa shape index (κ3) is 2.88. The molecule has 1 N–H and O–H groups in total. The fourth-order valence-corrected chi connectivity index (χ4v) is 2.10. The molecule has 0 aliphatic heterocycles. The second kappa shape index (κ2) is 5.81. The fraction of sp³-hybridized carbons (Fsp3) is 0.0588. The second-order valence-corrected chi connectivity index (χ2v) is 4.72. The molecule has 0 amide bonds. The summed E-state index contributed by atoms with van der Waals surface area (Å²) in [7, 11) is 1.61. The lowest BCUT2D eigenvalue weighted by Crippen LogP contribution is -2.09. The molecule has 110 valence electrons. The second-order valence-electron chi connectivity index (χ2n) is 4.72. The summed E-state index contributed by atoms with van der Waals surface area (Å²) in [6.45, 7) is 0. The van der Waals surface area contributed by atoms with Crippen molar-refractivity contribution in [2.45, 2.75) is 0 Å². The van der Waals surface area contributed by atoms with Crippen molar-refractivity contribution in [1.29, 1.82) is 0 Å². The maximum Gasteiger partial charge on any atom is 0.259 e. The van der Waals surface area contributed by atoms with Gasteiger partial charge >= 0.3 is 0 Å². The molecule has 0 atom stereocenters. The van der Waals surface area contributed by atoms with Crippen LogP contribution in [0.4, 0.5) is 4.39 Å². The van der Waals surface area contributed by atoms with E-state index in [0.29, 0.717) is 11.3 Å². The molecule has 0 unspecified atom stereocenters. The molecular formula is C17H13FN2O2. The van der Waals surface area contributed by atoms with E-state index in [9.17, 15) is 9.18 Å². The van der Waals surface area contributed by atoms with Crippen molar-refractivity contribution in [2.24, 2.45) is 0 Å². The maximum atomic E-state index is 13.1. The van der Waals surface area contributed by atoms with E-state index >= 15 is 0 Å². The van der Waals surface area contributed by atoms with Crippen molar-refractivity contribution in [3.8, 4) is 5.75 Å². The lowest BCUT2D eigenvalue weighted by Gasteiger charge is -2.00. The number of hydrogen-bond donors (Lipinski definition) is 1. The quantitative estimate of drug-likeness (QED) is 0.807. The summed E-state index contributed by atoms with van der Waals surface area (Å²) in [5.41, 5.74) is 1.04. The van der Waals surface area contributed by atoms with Gasteiger partial charge in [0.25, 0.3) is 5.56 Å². The van der Waals surface area contributed by atoms with Crippen LogP contribution in [0.25, 0.3) is 23.1 Å². The van der Waals surface area contributed by atoms with Gasteiger partial charge in [0.2, 0.25) is 0 Å². The number of aromatic amines is 1. The van der Waals surface area contributed by atoms with Crippen molar-refractivity contribution in [1.82, 2.24) is 9.97 Å². The Balaban J connectivity index is 1.94. The highest BCUT2D eigenvalue weighted by Crippen LogP contribution is 2.14. The molecule has 0 spiro atoms. The van der Waals surface area contributed by atoms with Gasteiger partial charge in [-0.25, -0.2) is 9.37 Å². The van der Waals surface area contributed by atoms with Gasteiger partial charge in [-0.3, -0.25) is 4.79 Å². The average Bonchev–Trinajstić information content (AvgIpc) is 2.54. The number of aromatic nitrogens is 2. The van der Waals surface area contributed by atoms with E-state index in [1.54, 1.807) is 13.2 Å². The number of rotatable bonds is 3. The minimum atomic E-state index is -0.457. The van der Waals surface area contributed by atoms with Gasteiger partial charge in [-0.15, -0.1) is 0 Å². The molecule has 0 fully saturated rings. The molecular weight excluding hydrogens is 283 g/mol. The van der Waals surface area contributed by atoms with Gasteiger partial charge in [-0.05, 0) is 42.0 Å². The van der Waals surface area contributed by atoms with Crippen LogP contribution in [0.1, 0.15) is 11.4 Å². The average molecular weight is 296 g/mol. The summed E-state index contributed by atoms with van der Waals surface area (Å²) < 4.78 is 18.2. The van der Waals surface area contributed by atoms with Gasteiger partial charge in [0, 0.05) is 0 Å². The molecule has 3 rings (SSSR count). The molecule has 4 nitrogen and oxygen atoms in total. The minimum Gasteiger partial charge on any atom is -0.497 e. The van der Waals surface area contributed by atoms with E-state index in [0.717, 1.165) is 11.3 Å². The Morgan fingerprint density at radius 2 is 1.91 bits per heavy atom. The lowest BCUT2D eigenvalue weighted by molar-refractivity contribution is 0.415. The van der Waals surface area contributed by atoms with Crippen LogP contribution in [0.3, 0.4) is 0 Å². The number of H-pyrrole nitrogens is 1. The molecule has 0 aliphatic rings. The monoisotopic (exact) mass is 296 g/mol. The highest BCUT2D eigenvalue weighted by molar-refractivity contribution is 5.79. The third-order valence-corrected chi connectivity index (χ3v) is 3.24. The predicted molar refractivity (Wildman–Crippen MR) is 84.2 cm³/mol. The molecule has 0 aliphatic carbocycles. The first-order valence-electron chi connectivity index (χ1n) is 6.67. The Morgan fingerprint density at radius 3 is 2.64 bits per heavy atom. The van der Waals surface area contributed by atoms with Crippen LogP contribution >= 0.6 is 0 Å². The summed E-state index contributed by atoms with van der Waals surface area (Å²) in [5.74, 6) is 0.734. The number of nitrogens with one attached hydrogen (secondary N) is 1. The van der Waals surface area contributed by atoms with E-state index in [1.807, 2.05) is 30.3 Å². The summed E-state index contributed by atoms with van der Waals surface area (Å²) >= 11 is 0. The lowest BCUT2D eigenvalue weighted by atomic mass is 10.2. The van der Waals surface area contributed by atoms with Crippen LogP contribution in [0, 0.1) is 5.82 Å². The molecule has 0 saturated carbocycles. The Hall–Kier alpha value is -2.95. The van der Waals surface area contributed by atoms with Gasteiger partial charge in [0.1, 0.15) is 17.4 Å². The van der Waals surface area contributed by atoms with Crippen LogP contribution < -0.4 is 10.3 Å². The molecule has 1 aromatic heterocycles. The number of halogens is 1. The van der Waals surface area contributed by atoms with E-state index in [1.165, 1.54) is 18.2 Å². The van der Waals surface area contributed by atoms with E-state index in [4.69, 9.17) is 4.74 Å². The molecule has 0 saturated heterocycles. The SMILES string of the molecule is COc1ccc(C=Cc2nc3ccc(F)cc3c(=O)[nH]2)cc1. The molecule has 0 radical (unpaired) electrons. The van der Waals surface area contributed by atoms with Crippen LogP contribution in [-0.2, 0) is 0 Å². The van der Waals surface area contributed by atoms with Gasteiger partial charge < -0.3 is 9.72 Å². The fourth-order valence-electron chi connectivity index (χ4n) is 2.10. The molecule has 2 aromatic carbocycles. The van der Waals surface area contributed by atoms with Crippen LogP contribution in [0.2, 0.25) is 0 Å². The van der Waals surface area contributed by atoms with Gasteiger partial charge in [-0.1, -0.05) is 18.2 Å². The third-order valence-electron chi connectivity index (χ3n) is 3.24. The van der Waals surface area contributed by atoms with Gasteiger partial charge in [0.05, 0.1) is 18.0 Å². The van der Waals surface area contributed by atoms with Crippen LogP contribution in [0.5, 0.6) is 5.75 Å². The number of ether oxygens (including phenoxy) is 1. The Bertz CT molecular complexity index is 899. The summed E-state index contributed by atoms with van der Waals surface area (Å²) in [4.78, 5) is 18.9. The molecule has 22 heavy (non-hydrogen) atoms. The molecule has 5 heteroatoms. The van der Waals surface area contributed by atoms with Crippen molar-refractivity contribution in [2.75, 3.05) is 7.11 Å². The molecule has 0 bridgehead atoms. The topological polar surface area (TPSA) is 55.0 Å². The Kier molecular flexibility index (Phi) is 3.70. The van der Waals surface area contributed by atoms with E-state index in [2.05, 4.69) is 9.97 Å².